The topological polar surface area (TPSA) is 78.9 Å². The normalized spacial score (nSPS) is 10.1. The first kappa shape index (κ1) is 16.7. The highest BCUT2D eigenvalue weighted by Crippen LogP contribution is 1.93. The van der Waals surface area contributed by atoms with E-state index in [-0.39, 0.29) is 19.0 Å². The number of carbonyl (C=O) groups excluding carboxylic acids is 1. The van der Waals surface area contributed by atoms with Gasteiger partial charge in [-0.3, -0.25) is 4.79 Å². The summed E-state index contributed by atoms with van der Waals surface area (Å²) < 4.78 is 5.29. The molecule has 0 saturated heterocycles. The number of urea groups is 1. The molecule has 0 aromatic carbocycles. The van der Waals surface area contributed by atoms with E-state index in [1.807, 2.05) is 13.8 Å². The van der Waals surface area contributed by atoms with Gasteiger partial charge in [0.15, 0.2) is 0 Å². The number of nitrogens with one attached hydrogen (secondary N) is 1. The molecule has 0 radical (unpaired) electrons. The zero-order valence-electron chi connectivity index (χ0n) is 11.3. The van der Waals surface area contributed by atoms with Crippen molar-refractivity contribution in [1.82, 2.24) is 10.2 Å². The summed E-state index contributed by atoms with van der Waals surface area (Å²) in [6.45, 7) is 6.54. The molecule has 0 aromatic rings. The average Bonchev–Trinajstić information content (AvgIpc) is 2.34. The van der Waals surface area contributed by atoms with E-state index in [0.717, 1.165) is 19.4 Å². The Morgan fingerprint density at radius 1 is 1.28 bits per heavy atom. The standard InChI is InChI=1S/C12H24N2O4/c1-3-9-18-10-5-7-13-12(17)14(4-2)8-6-11(15)16/h3-10H2,1-2H3,(H,13,17)(H,15,16). The molecule has 2 N–H and O–H groups in total. The molecule has 106 valence electrons. The van der Waals surface area contributed by atoms with Crippen LogP contribution >= 0.6 is 0 Å². The van der Waals surface area contributed by atoms with Gasteiger partial charge in [-0.1, -0.05) is 6.92 Å². The van der Waals surface area contributed by atoms with Gasteiger partial charge in [0.05, 0.1) is 6.42 Å². The van der Waals surface area contributed by atoms with Crippen molar-refractivity contribution in [3.05, 3.63) is 0 Å². The van der Waals surface area contributed by atoms with Crippen LogP contribution in [0.4, 0.5) is 4.79 Å². The number of ether oxygens (including phenoxy) is 1. The summed E-state index contributed by atoms with van der Waals surface area (Å²) >= 11 is 0. The van der Waals surface area contributed by atoms with E-state index in [1.54, 1.807) is 0 Å². The van der Waals surface area contributed by atoms with Crippen LogP contribution in [-0.4, -0.2) is 54.9 Å². The van der Waals surface area contributed by atoms with Crippen LogP contribution in [0.2, 0.25) is 0 Å². The summed E-state index contributed by atoms with van der Waals surface area (Å²) in [5.41, 5.74) is 0. The molecule has 0 fully saturated rings. The first-order valence-electron chi connectivity index (χ1n) is 6.44. The minimum Gasteiger partial charge on any atom is -0.481 e. The number of hydrogen-bond acceptors (Lipinski definition) is 3. The van der Waals surface area contributed by atoms with Crippen LogP contribution in [0.25, 0.3) is 0 Å². The maximum atomic E-state index is 11.7. The largest absolute Gasteiger partial charge is 0.481 e. The van der Waals surface area contributed by atoms with Crippen molar-refractivity contribution >= 4 is 12.0 Å². The van der Waals surface area contributed by atoms with Crippen molar-refractivity contribution in [2.45, 2.75) is 33.1 Å². The number of nitrogens with zero attached hydrogens (tertiary/aromatic N) is 1. The van der Waals surface area contributed by atoms with Crippen LogP contribution in [-0.2, 0) is 9.53 Å². The fourth-order valence-electron chi connectivity index (χ4n) is 1.36. The van der Waals surface area contributed by atoms with Gasteiger partial charge in [0.1, 0.15) is 0 Å². The summed E-state index contributed by atoms with van der Waals surface area (Å²) in [6.07, 6.45) is 1.73. The molecule has 0 bridgehead atoms. The lowest BCUT2D eigenvalue weighted by Crippen LogP contribution is -2.41. The predicted molar refractivity (Wildman–Crippen MR) is 68.6 cm³/mol. The van der Waals surface area contributed by atoms with Gasteiger partial charge >= 0.3 is 12.0 Å². The quantitative estimate of drug-likeness (QED) is 0.580. The highest BCUT2D eigenvalue weighted by molar-refractivity contribution is 5.75. The summed E-state index contributed by atoms with van der Waals surface area (Å²) in [6, 6.07) is -0.214. The second-order valence-corrected chi connectivity index (χ2v) is 3.92. The molecule has 18 heavy (non-hydrogen) atoms. The molecule has 0 aliphatic heterocycles. The maximum Gasteiger partial charge on any atom is 0.317 e. The molecule has 0 spiro atoms. The monoisotopic (exact) mass is 260 g/mol. The molecule has 0 aliphatic carbocycles. The second-order valence-electron chi connectivity index (χ2n) is 3.92. The number of aliphatic carboxylic acids is 1. The van der Waals surface area contributed by atoms with Gasteiger partial charge < -0.3 is 20.1 Å². The summed E-state index contributed by atoms with van der Waals surface area (Å²) in [5.74, 6) is -0.894. The lowest BCUT2D eigenvalue weighted by molar-refractivity contribution is -0.137. The minimum absolute atomic E-state index is 0.0269. The van der Waals surface area contributed by atoms with Crippen LogP contribution in [0.5, 0.6) is 0 Å². The molecule has 0 aromatic heterocycles. The Kier molecular flexibility index (Phi) is 10.0. The Labute approximate surface area is 108 Å². The molecular formula is C12H24N2O4. The third-order valence-corrected chi connectivity index (χ3v) is 2.35. The lowest BCUT2D eigenvalue weighted by Gasteiger charge is -2.20. The number of carboxylic acids is 1. The van der Waals surface area contributed by atoms with Crippen molar-refractivity contribution in [2.24, 2.45) is 0 Å². The molecule has 2 amide bonds. The van der Waals surface area contributed by atoms with E-state index in [1.165, 1.54) is 4.90 Å². The summed E-state index contributed by atoms with van der Waals surface area (Å²) in [4.78, 5) is 23.6. The van der Waals surface area contributed by atoms with Crippen molar-refractivity contribution in [3.8, 4) is 0 Å². The Balaban J connectivity index is 3.66. The van der Waals surface area contributed by atoms with Crippen molar-refractivity contribution < 1.29 is 19.4 Å². The molecule has 6 nitrogen and oxygen atoms in total. The van der Waals surface area contributed by atoms with E-state index in [4.69, 9.17) is 9.84 Å². The third kappa shape index (κ3) is 8.81. The molecule has 0 unspecified atom stereocenters. The highest BCUT2D eigenvalue weighted by Gasteiger charge is 2.11. The fourth-order valence-corrected chi connectivity index (χ4v) is 1.36. The van der Waals surface area contributed by atoms with Gasteiger partial charge in [-0.2, -0.15) is 0 Å². The van der Waals surface area contributed by atoms with E-state index in [0.29, 0.717) is 19.7 Å². The van der Waals surface area contributed by atoms with E-state index in [2.05, 4.69) is 5.32 Å². The Hall–Kier alpha value is -1.30. The van der Waals surface area contributed by atoms with Crippen molar-refractivity contribution in [1.29, 1.82) is 0 Å². The van der Waals surface area contributed by atoms with Crippen LogP contribution in [0.3, 0.4) is 0 Å². The Morgan fingerprint density at radius 2 is 2.00 bits per heavy atom. The fraction of sp³-hybridized carbons (Fsp3) is 0.833. The van der Waals surface area contributed by atoms with Crippen LogP contribution in [0.1, 0.15) is 33.1 Å². The smallest absolute Gasteiger partial charge is 0.317 e. The number of hydrogen-bond donors (Lipinski definition) is 2. The summed E-state index contributed by atoms with van der Waals surface area (Å²) in [5, 5.41) is 11.3. The van der Waals surface area contributed by atoms with E-state index in [9.17, 15) is 9.59 Å². The second kappa shape index (κ2) is 10.8. The van der Waals surface area contributed by atoms with Gasteiger partial charge in [-0.05, 0) is 19.8 Å². The zero-order chi connectivity index (χ0) is 13.8. The van der Waals surface area contributed by atoms with Crippen LogP contribution in [0.15, 0.2) is 0 Å². The number of carboxylic acid groups (broad SMARTS) is 1. The predicted octanol–water partition coefficient (Wildman–Crippen LogP) is 1.31. The summed E-state index contributed by atoms with van der Waals surface area (Å²) in [7, 11) is 0. The van der Waals surface area contributed by atoms with Crippen molar-refractivity contribution in [2.75, 3.05) is 32.8 Å². The molecule has 0 aliphatic rings. The molecule has 0 rings (SSSR count). The van der Waals surface area contributed by atoms with E-state index >= 15 is 0 Å². The Bertz CT molecular complexity index is 246. The molecule has 0 atom stereocenters. The van der Waals surface area contributed by atoms with Gasteiger partial charge in [0.2, 0.25) is 0 Å². The lowest BCUT2D eigenvalue weighted by atomic mass is 10.4. The molecule has 0 heterocycles. The van der Waals surface area contributed by atoms with Gasteiger partial charge in [0, 0.05) is 32.8 Å². The Morgan fingerprint density at radius 3 is 2.56 bits per heavy atom. The number of amides is 2. The molecule has 6 heteroatoms. The minimum atomic E-state index is -0.894. The van der Waals surface area contributed by atoms with Gasteiger partial charge in [0.25, 0.3) is 0 Å². The SMILES string of the molecule is CCCOCCCNC(=O)N(CC)CCC(=O)O. The van der Waals surface area contributed by atoms with Crippen LogP contribution in [0, 0.1) is 0 Å². The average molecular weight is 260 g/mol. The van der Waals surface area contributed by atoms with E-state index < -0.39 is 5.97 Å². The van der Waals surface area contributed by atoms with Crippen molar-refractivity contribution in [3.63, 3.8) is 0 Å². The van der Waals surface area contributed by atoms with Crippen LogP contribution < -0.4 is 5.32 Å². The zero-order valence-corrected chi connectivity index (χ0v) is 11.3. The number of rotatable bonds is 10. The first-order valence-corrected chi connectivity index (χ1v) is 6.44. The first-order chi connectivity index (χ1) is 8.61. The third-order valence-electron chi connectivity index (χ3n) is 2.35. The van der Waals surface area contributed by atoms with Gasteiger partial charge in [-0.25, -0.2) is 4.79 Å². The molecular weight excluding hydrogens is 236 g/mol. The maximum absolute atomic E-state index is 11.7. The highest BCUT2D eigenvalue weighted by atomic mass is 16.5. The molecule has 0 saturated carbocycles. The van der Waals surface area contributed by atoms with Gasteiger partial charge in [-0.15, -0.1) is 0 Å². The number of carbonyl (C=O) groups is 2.